The van der Waals surface area contributed by atoms with Gasteiger partial charge in [0.05, 0.1) is 12.8 Å². The van der Waals surface area contributed by atoms with Crippen molar-refractivity contribution in [2.75, 3.05) is 7.11 Å². The summed E-state index contributed by atoms with van der Waals surface area (Å²) in [5, 5.41) is -0.240. The molecule has 0 saturated carbocycles. The molecule has 0 amide bonds. The van der Waals surface area contributed by atoms with Crippen molar-refractivity contribution in [1.29, 1.82) is 0 Å². The highest BCUT2D eigenvalue weighted by Gasteiger charge is 2.11. The molecule has 0 bridgehead atoms. The Kier molecular flexibility index (Phi) is 5.76. The quantitative estimate of drug-likeness (QED) is 0.600. The van der Waals surface area contributed by atoms with Crippen LogP contribution in [0.1, 0.15) is 35.0 Å². The van der Waals surface area contributed by atoms with Crippen molar-refractivity contribution in [1.82, 2.24) is 4.98 Å². The lowest BCUT2D eigenvalue weighted by molar-refractivity contribution is -0.140. The minimum absolute atomic E-state index is 0.164. The number of nitrogens with zero attached hydrogens (tertiary/aromatic N) is 1. The molecule has 110 valence electrons. The Bertz CT molecular complexity index is 569. The fourth-order valence-corrected chi connectivity index (χ4v) is 2.36. The zero-order valence-electron chi connectivity index (χ0n) is 12.0. The minimum Gasteiger partial charge on any atom is -0.469 e. The fraction of sp³-hybridized carbons (Fsp3) is 0.294. The highest BCUT2D eigenvalue weighted by atomic mass is 35.5. The molecule has 1 aromatic carbocycles. The smallest absolute Gasteiger partial charge is 0.305 e. The number of alkyl halides is 1. The van der Waals surface area contributed by atoms with Crippen molar-refractivity contribution in [3.05, 3.63) is 65.5 Å². The average Bonchev–Trinajstić information content (AvgIpc) is 2.55. The summed E-state index contributed by atoms with van der Waals surface area (Å²) in [6.45, 7) is 0. The van der Waals surface area contributed by atoms with Gasteiger partial charge < -0.3 is 4.74 Å². The zero-order chi connectivity index (χ0) is 15.1. The Hall–Kier alpha value is -1.87. The fourth-order valence-electron chi connectivity index (χ4n) is 2.09. The van der Waals surface area contributed by atoms with Gasteiger partial charge in [-0.3, -0.25) is 9.78 Å². The number of aryl methyl sites for hydroxylation is 1. The van der Waals surface area contributed by atoms with Crippen molar-refractivity contribution in [2.24, 2.45) is 0 Å². The second-order valence-electron chi connectivity index (χ2n) is 4.79. The molecule has 0 aliphatic rings. The molecule has 1 aromatic heterocycles. The van der Waals surface area contributed by atoms with Gasteiger partial charge in [0, 0.05) is 12.6 Å². The van der Waals surface area contributed by atoms with E-state index >= 15 is 0 Å². The van der Waals surface area contributed by atoms with Crippen molar-refractivity contribution < 1.29 is 9.53 Å². The molecule has 0 fully saturated rings. The number of benzene rings is 1. The molecule has 0 spiro atoms. The summed E-state index contributed by atoms with van der Waals surface area (Å²) in [6, 6.07) is 13.8. The van der Waals surface area contributed by atoms with Crippen LogP contribution in [0.2, 0.25) is 0 Å². The van der Waals surface area contributed by atoms with Crippen LogP contribution in [-0.4, -0.2) is 18.1 Å². The third-order valence-electron chi connectivity index (χ3n) is 3.29. The van der Waals surface area contributed by atoms with E-state index in [0.717, 1.165) is 24.1 Å². The first-order valence-electron chi connectivity index (χ1n) is 6.91. The Morgan fingerprint density at radius 1 is 1.24 bits per heavy atom. The summed E-state index contributed by atoms with van der Waals surface area (Å²) < 4.78 is 4.62. The molecule has 2 rings (SSSR count). The first-order chi connectivity index (χ1) is 10.2. The normalized spacial score (nSPS) is 11.9. The van der Waals surface area contributed by atoms with E-state index in [1.54, 1.807) is 6.20 Å². The number of methoxy groups -OCH3 is 1. The number of ether oxygens (including phenoxy) is 1. The van der Waals surface area contributed by atoms with E-state index in [0.29, 0.717) is 6.42 Å². The van der Waals surface area contributed by atoms with Gasteiger partial charge in [0.1, 0.15) is 5.38 Å². The summed E-state index contributed by atoms with van der Waals surface area (Å²) in [5.74, 6) is -0.164. The molecule has 4 heteroatoms. The first-order valence-corrected chi connectivity index (χ1v) is 7.35. The minimum atomic E-state index is -0.240. The highest BCUT2D eigenvalue weighted by Crippen LogP contribution is 2.27. The van der Waals surface area contributed by atoms with Crippen molar-refractivity contribution in [2.45, 2.75) is 24.6 Å². The van der Waals surface area contributed by atoms with Gasteiger partial charge in [0.15, 0.2) is 0 Å². The lowest BCUT2D eigenvalue weighted by atomic mass is 10.0. The molecule has 0 radical (unpaired) electrons. The standard InChI is InChI=1S/C17H18ClNO2/c1-21-16(20)7-4-5-13-8-10-14(11-9-13)17(18)15-6-2-3-12-19-15/h2-3,6,8-12,17H,4-5,7H2,1H3. The third-order valence-corrected chi connectivity index (χ3v) is 3.77. The first kappa shape index (κ1) is 15.5. The molecule has 1 unspecified atom stereocenters. The predicted molar refractivity (Wildman–Crippen MR) is 83.3 cm³/mol. The summed E-state index contributed by atoms with van der Waals surface area (Å²) in [5.41, 5.74) is 3.05. The molecule has 21 heavy (non-hydrogen) atoms. The second kappa shape index (κ2) is 7.79. The maximum atomic E-state index is 11.1. The van der Waals surface area contributed by atoms with E-state index < -0.39 is 0 Å². The highest BCUT2D eigenvalue weighted by molar-refractivity contribution is 6.22. The van der Waals surface area contributed by atoms with Gasteiger partial charge in [-0.2, -0.15) is 0 Å². The Balaban J connectivity index is 1.94. The summed E-state index contributed by atoms with van der Waals surface area (Å²) in [7, 11) is 1.41. The number of pyridine rings is 1. The van der Waals surface area contributed by atoms with Gasteiger partial charge in [0.25, 0.3) is 0 Å². The van der Waals surface area contributed by atoms with E-state index in [-0.39, 0.29) is 11.3 Å². The van der Waals surface area contributed by atoms with Crippen LogP contribution in [0.5, 0.6) is 0 Å². The lowest BCUT2D eigenvalue weighted by Gasteiger charge is -2.10. The number of rotatable bonds is 6. The predicted octanol–water partition coefficient (Wildman–Crippen LogP) is 3.91. The summed E-state index contributed by atoms with van der Waals surface area (Å²) >= 11 is 6.42. The van der Waals surface area contributed by atoms with Gasteiger partial charge in [-0.1, -0.05) is 30.3 Å². The maximum absolute atomic E-state index is 11.1. The van der Waals surface area contributed by atoms with E-state index in [9.17, 15) is 4.79 Å². The zero-order valence-corrected chi connectivity index (χ0v) is 12.7. The number of aromatic nitrogens is 1. The Morgan fingerprint density at radius 3 is 2.62 bits per heavy atom. The van der Waals surface area contributed by atoms with Crippen LogP contribution in [0.4, 0.5) is 0 Å². The van der Waals surface area contributed by atoms with Crippen LogP contribution < -0.4 is 0 Å². The van der Waals surface area contributed by atoms with Crippen molar-refractivity contribution in [3.8, 4) is 0 Å². The van der Waals surface area contributed by atoms with Crippen LogP contribution >= 0.6 is 11.6 Å². The SMILES string of the molecule is COC(=O)CCCc1ccc(C(Cl)c2ccccn2)cc1. The second-order valence-corrected chi connectivity index (χ2v) is 5.22. The van der Waals surface area contributed by atoms with Gasteiger partial charge in [-0.05, 0) is 36.1 Å². The summed E-state index contributed by atoms with van der Waals surface area (Å²) in [6.07, 6.45) is 3.83. The molecular weight excluding hydrogens is 286 g/mol. The Morgan fingerprint density at radius 2 is 2.00 bits per heavy atom. The van der Waals surface area contributed by atoms with Crippen LogP contribution in [0, 0.1) is 0 Å². The Labute approximate surface area is 129 Å². The third kappa shape index (κ3) is 4.57. The molecule has 3 nitrogen and oxygen atoms in total. The van der Waals surface area contributed by atoms with E-state index in [2.05, 4.69) is 9.72 Å². The number of carbonyl (C=O) groups excluding carboxylic acids is 1. The molecule has 0 saturated heterocycles. The molecule has 0 N–H and O–H groups in total. The molecule has 1 heterocycles. The van der Waals surface area contributed by atoms with Crippen LogP contribution in [-0.2, 0) is 16.0 Å². The average molecular weight is 304 g/mol. The molecule has 2 aromatic rings. The lowest BCUT2D eigenvalue weighted by Crippen LogP contribution is -2.00. The molecular formula is C17H18ClNO2. The van der Waals surface area contributed by atoms with Gasteiger partial charge >= 0.3 is 5.97 Å². The summed E-state index contributed by atoms with van der Waals surface area (Å²) in [4.78, 5) is 15.3. The monoisotopic (exact) mass is 303 g/mol. The number of hydrogen-bond acceptors (Lipinski definition) is 3. The molecule has 0 aliphatic carbocycles. The van der Waals surface area contributed by atoms with E-state index in [1.165, 1.54) is 12.7 Å². The van der Waals surface area contributed by atoms with E-state index in [1.807, 2.05) is 42.5 Å². The van der Waals surface area contributed by atoms with Crippen molar-refractivity contribution in [3.63, 3.8) is 0 Å². The maximum Gasteiger partial charge on any atom is 0.305 e. The van der Waals surface area contributed by atoms with Gasteiger partial charge in [-0.15, -0.1) is 11.6 Å². The number of hydrogen-bond donors (Lipinski definition) is 0. The van der Waals surface area contributed by atoms with Crippen LogP contribution in [0.15, 0.2) is 48.7 Å². The van der Waals surface area contributed by atoms with Gasteiger partial charge in [-0.25, -0.2) is 0 Å². The number of halogens is 1. The molecule has 0 aliphatic heterocycles. The number of carbonyl (C=O) groups is 1. The van der Waals surface area contributed by atoms with Gasteiger partial charge in [0.2, 0.25) is 0 Å². The topological polar surface area (TPSA) is 39.2 Å². The van der Waals surface area contributed by atoms with E-state index in [4.69, 9.17) is 11.6 Å². The van der Waals surface area contributed by atoms with Crippen LogP contribution in [0.25, 0.3) is 0 Å². The van der Waals surface area contributed by atoms with Crippen LogP contribution in [0.3, 0.4) is 0 Å². The largest absolute Gasteiger partial charge is 0.469 e. The van der Waals surface area contributed by atoms with Crippen molar-refractivity contribution >= 4 is 17.6 Å². The number of esters is 1. The molecule has 1 atom stereocenters.